The molecule has 1 unspecified atom stereocenters. The van der Waals surface area contributed by atoms with E-state index in [0.717, 1.165) is 14.2 Å². The fraction of sp³-hybridized carbons (Fsp3) is 0.154. The molecular formula is C13H11BrClNO2S. The number of aryl methyl sites for hydroxylation is 1. The topological polar surface area (TPSA) is 49.3 Å². The van der Waals surface area contributed by atoms with Crippen molar-refractivity contribution in [3.05, 3.63) is 49.6 Å². The lowest BCUT2D eigenvalue weighted by molar-refractivity contribution is -0.138. The zero-order valence-electron chi connectivity index (χ0n) is 9.98. The highest BCUT2D eigenvalue weighted by Gasteiger charge is 2.23. The van der Waals surface area contributed by atoms with Crippen LogP contribution >= 0.6 is 38.9 Å². The van der Waals surface area contributed by atoms with Crippen molar-refractivity contribution in [3.8, 4) is 0 Å². The minimum Gasteiger partial charge on any atom is -0.479 e. The number of carboxylic acids is 1. The summed E-state index contributed by atoms with van der Waals surface area (Å²) in [5, 5.41) is 12.8. The van der Waals surface area contributed by atoms with Gasteiger partial charge in [0.25, 0.3) is 0 Å². The van der Waals surface area contributed by atoms with Crippen LogP contribution in [0.5, 0.6) is 0 Å². The van der Waals surface area contributed by atoms with E-state index in [4.69, 9.17) is 11.6 Å². The Hall–Kier alpha value is -1.04. The van der Waals surface area contributed by atoms with Crippen molar-refractivity contribution < 1.29 is 9.90 Å². The maximum Gasteiger partial charge on any atom is 0.331 e. The number of para-hydroxylation sites is 1. The molecule has 100 valence electrons. The Bertz CT molecular complexity index is 595. The molecule has 2 N–H and O–H groups in total. The van der Waals surface area contributed by atoms with Gasteiger partial charge in [0.1, 0.15) is 0 Å². The summed E-state index contributed by atoms with van der Waals surface area (Å²) in [4.78, 5) is 13.2. The normalized spacial score (nSPS) is 12.2. The van der Waals surface area contributed by atoms with E-state index in [2.05, 4.69) is 21.2 Å². The summed E-state index contributed by atoms with van der Waals surface area (Å²) >= 11 is 10.9. The molecule has 6 heteroatoms. The molecule has 1 heterocycles. The van der Waals surface area contributed by atoms with E-state index in [-0.39, 0.29) is 0 Å². The lowest BCUT2D eigenvalue weighted by Gasteiger charge is -2.15. The van der Waals surface area contributed by atoms with Gasteiger partial charge in [-0.05, 0) is 41.1 Å². The molecule has 0 saturated heterocycles. The van der Waals surface area contributed by atoms with Crippen molar-refractivity contribution in [2.75, 3.05) is 5.32 Å². The molecule has 1 aromatic heterocycles. The highest BCUT2D eigenvalue weighted by Crippen LogP contribution is 2.33. The average molecular weight is 361 g/mol. The van der Waals surface area contributed by atoms with Gasteiger partial charge in [0.05, 0.1) is 10.7 Å². The Morgan fingerprint density at radius 3 is 2.68 bits per heavy atom. The second-order valence-corrected chi connectivity index (χ2v) is 6.50. The van der Waals surface area contributed by atoms with Crippen molar-refractivity contribution in [1.82, 2.24) is 0 Å². The fourth-order valence-corrected chi connectivity index (χ4v) is 3.41. The summed E-state index contributed by atoms with van der Waals surface area (Å²) < 4.78 is 0.916. The number of aliphatic carboxylic acids is 1. The number of halogens is 2. The predicted octanol–water partition coefficient (Wildman–Crippen LogP) is 4.71. The Morgan fingerprint density at radius 1 is 1.47 bits per heavy atom. The summed E-state index contributed by atoms with van der Waals surface area (Å²) in [6.45, 7) is 1.94. The van der Waals surface area contributed by atoms with Crippen LogP contribution in [-0.2, 0) is 4.79 Å². The second kappa shape index (κ2) is 5.94. The fourth-order valence-electron chi connectivity index (χ4n) is 1.61. The Labute approximate surface area is 128 Å². The van der Waals surface area contributed by atoms with Crippen LogP contribution in [0.4, 0.5) is 5.69 Å². The summed E-state index contributed by atoms with van der Waals surface area (Å²) in [5.74, 6) is -0.936. The van der Waals surface area contributed by atoms with Crippen LogP contribution in [0, 0.1) is 6.92 Å². The molecule has 1 atom stereocenters. The molecule has 0 fully saturated rings. The first-order chi connectivity index (χ1) is 8.99. The van der Waals surface area contributed by atoms with E-state index >= 15 is 0 Å². The molecule has 0 aliphatic heterocycles. The third kappa shape index (κ3) is 3.29. The van der Waals surface area contributed by atoms with E-state index < -0.39 is 12.0 Å². The maximum absolute atomic E-state index is 11.4. The van der Waals surface area contributed by atoms with Crippen LogP contribution in [0.1, 0.15) is 15.8 Å². The van der Waals surface area contributed by atoms with E-state index in [9.17, 15) is 9.90 Å². The Balaban J connectivity index is 2.32. The molecule has 0 aliphatic carbocycles. The second-order valence-electron chi connectivity index (χ2n) is 3.95. The largest absolute Gasteiger partial charge is 0.479 e. The summed E-state index contributed by atoms with van der Waals surface area (Å²) in [6, 6.07) is 8.10. The lowest BCUT2D eigenvalue weighted by Crippen LogP contribution is -2.19. The SMILES string of the molecule is Cc1sc(C(Nc2ccccc2Cl)C(=O)O)cc1Br. The highest BCUT2D eigenvalue weighted by atomic mass is 79.9. The van der Waals surface area contributed by atoms with Crippen LogP contribution < -0.4 is 5.32 Å². The van der Waals surface area contributed by atoms with Crippen LogP contribution in [0.3, 0.4) is 0 Å². The molecule has 0 amide bonds. The van der Waals surface area contributed by atoms with E-state index in [0.29, 0.717) is 10.7 Å². The predicted molar refractivity (Wildman–Crippen MR) is 82.2 cm³/mol. The molecule has 2 rings (SSSR count). The number of carbonyl (C=O) groups is 1. The van der Waals surface area contributed by atoms with Crippen molar-refractivity contribution in [2.24, 2.45) is 0 Å². The number of benzene rings is 1. The zero-order valence-corrected chi connectivity index (χ0v) is 13.1. The molecule has 3 nitrogen and oxygen atoms in total. The van der Waals surface area contributed by atoms with Gasteiger partial charge in [-0.25, -0.2) is 4.79 Å². The van der Waals surface area contributed by atoms with E-state index in [1.807, 2.05) is 19.1 Å². The van der Waals surface area contributed by atoms with Crippen molar-refractivity contribution >= 4 is 50.5 Å². The number of thiophene rings is 1. The van der Waals surface area contributed by atoms with Crippen LogP contribution in [-0.4, -0.2) is 11.1 Å². The minimum atomic E-state index is -0.936. The first-order valence-corrected chi connectivity index (χ1v) is 7.47. The number of rotatable bonds is 4. The first kappa shape index (κ1) is 14.4. The van der Waals surface area contributed by atoms with Gasteiger partial charge in [-0.3, -0.25) is 0 Å². The zero-order chi connectivity index (χ0) is 14.0. The van der Waals surface area contributed by atoms with Gasteiger partial charge in [0.15, 0.2) is 6.04 Å². The number of hydrogen-bond donors (Lipinski definition) is 2. The van der Waals surface area contributed by atoms with Crippen molar-refractivity contribution in [1.29, 1.82) is 0 Å². The molecule has 0 aliphatic rings. The van der Waals surface area contributed by atoms with Gasteiger partial charge >= 0.3 is 5.97 Å². The van der Waals surface area contributed by atoms with Crippen LogP contribution in [0.2, 0.25) is 5.02 Å². The lowest BCUT2D eigenvalue weighted by atomic mass is 10.2. The van der Waals surface area contributed by atoms with Crippen molar-refractivity contribution in [2.45, 2.75) is 13.0 Å². The van der Waals surface area contributed by atoms with Gasteiger partial charge in [-0.2, -0.15) is 0 Å². The molecule has 2 aromatic rings. The Morgan fingerprint density at radius 2 is 2.16 bits per heavy atom. The van der Waals surface area contributed by atoms with Gasteiger partial charge in [0.2, 0.25) is 0 Å². The Kier molecular flexibility index (Phi) is 4.50. The average Bonchev–Trinajstić information content (AvgIpc) is 2.68. The first-order valence-electron chi connectivity index (χ1n) is 5.48. The van der Waals surface area contributed by atoms with E-state index in [1.165, 1.54) is 11.3 Å². The third-order valence-corrected chi connectivity index (χ3v) is 5.11. The molecule has 0 spiro atoms. The van der Waals surface area contributed by atoms with Gasteiger partial charge in [0, 0.05) is 14.2 Å². The molecule has 1 aromatic carbocycles. The number of nitrogens with one attached hydrogen (secondary N) is 1. The standard InChI is InChI=1S/C13H11BrClNO2S/c1-7-8(14)6-11(19-7)12(13(17)18)16-10-5-3-2-4-9(10)15/h2-6,12,16H,1H3,(H,17,18). The smallest absolute Gasteiger partial charge is 0.331 e. The number of carboxylic acid groups (broad SMARTS) is 1. The van der Waals surface area contributed by atoms with Crippen molar-refractivity contribution in [3.63, 3.8) is 0 Å². The summed E-state index contributed by atoms with van der Waals surface area (Å²) in [6.07, 6.45) is 0. The number of hydrogen-bond acceptors (Lipinski definition) is 3. The molecule has 19 heavy (non-hydrogen) atoms. The quantitative estimate of drug-likeness (QED) is 0.830. The van der Waals surface area contributed by atoms with Gasteiger partial charge in [-0.15, -0.1) is 11.3 Å². The summed E-state index contributed by atoms with van der Waals surface area (Å²) in [5.41, 5.74) is 0.610. The molecule has 0 radical (unpaired) electrons. The molecule has 0 bridgehead atoms. The third-order valence-electron chi connectivity index (χ3n) is 2.58. The minimum absolute atomic E-state index is 0.501. The van der Waals surface area contributed by atoms with Gasteiger partial charge < -0.3 is 10.4 Å². The summed E-state index contributed by atoms with van der Waals surface area (Å²) in [7, 11) is 0. The van der Waals surface area contributed by atoms with Crippen LogP contribution in [0.15, 0.2) is 34.8 Å². The van der Waals surface area contributed by atoms with Gasteiger partial charge in [-0.1, -0.05) is 23.7 Å². The van der Waals surface area contributed by atoms with E-state index in [1.54, 1.807) is 18.2 Å². The maximum atomic E-state index is 11.4. The molecular weight excluding hydrogens is 350 g/mol. The van der Waals surface area contributed by atoms with Crippen LogP contribution in [0.25, 0.3) is 0 Å². The number of anilines is 1. The molecule has 0 saturated carbocycles. The highest BCUT2D eigenvalue weighted by molar-refractivity contribution is 9.10. The monoisotopic (exact) mass is 359 g/mol.